The van der Waals surface area contributed by atoms with Crippen LogP contribution in [0.15, 0.2) is 53.1 Å². The lowest BCUT2D eigenvalue weighted by molar-refractivity contribution is -0.137. The number of amidine groups is 1. The minimum absolute atomic E-state index is 0.0425. The Balaban J connectivity index is 1.44. The number of aliphatic carboxylic acids is 1. The number of hydrogen-bond donors (Lipinski definition) is 4. The highest BCUT2D eigenvalue weighted by atomic mass is 19.1. The van der Waals surface area contributed by atoms with Crippen molar-refractivity contribution in [3.8, 4) is 0 Å². The molecule has 1 aromatic carbocycles. The molecule has 8 heteroatoms. The van der Waals surface area contributed by atoms with Gasteiger partial charge in [0.05, 0.1) is 18.6 Å². The highest BCUT2D eigenvalue weighted by Gasteiger charge is 2.19. The van der Waals surface area contributed by atoms with E-state index in [2.05, 4.69) is 27.0 Å². The van der Waals surface area contributed by atoms with Crippen LogP contribution in [0, 0.1) is 5.82 Å². The standard InChI is InChI=1S/C21H25FN4O3/c22-16-6-1-4-15(12-16)17(13-20(28)29)25-19(27)7-3-10-23-18-9-8-14-5-2-11-24-21(14)26-18/h1,4-6,8-9,12,17-18,23H,2-3,7,10-11,13H2,(H,24,26)(H,25,27)(H,28,29). The number of fused-ring (bicyclic) bond motifs is 1. The van der Waals surface area contributed by atoms with Crippen molar-refractivity contribution in [1.29, 1.82) is 0 Å². The number of halogens is 1. The molecule has 0 spiro atoms. The molecule has 0 aliphatic carbocycles. The molecule has 154 valence electrons. The van der Waals surface area contributed by atoms with Gasteiger partial charge in [-0.2, -0.15) is 0 Å². The third-order valence-corrected chi connectivity index (χ3v) is 4.71. The number of nitrogens with zero attached hydrogens (tertiary/aromatic N) is 1. The van der Waals surface area contributed by atoms with Crippen LogP contribution in [0.25, 0.3) is 0 Å². The van der Waals surface area contributed by atoms with Crippen LogP contribution in [0.4, 0.5) is 4.39 Å². The van der Waals surface area contributed by atoms with Crippen molar-refractivity contribution in [3.05, 3.63) is 59.4 Å². The van der Waals surface area contributed by atoms with Crippen molar-refractivity contribution in [1.82, 2.24) is 16.0 Å². The Morgan fingerprint density at radius 3 is 3.03 bits per heavy atom. The minimum Gasteiger partial charge on any atom is -0.481 e. The van der Waals surface area contributed by atoms with Crippen LogP contribution < -0.4 is 16.0 Å². The smallest absolute Gasteiger partial charge is 0.305 e. The topological polar surface area (TPSA) is 103 Å². The Labute approximate surface area is 168 Å². The van der Waals surface area contributed by atoms with E-state index in [1.807, 2.05) is 12.2 Å². The number of dihydropyridines is 1. The number of hydrogen-bond acceptors (Lipinski definition) is 5. The van der Waals surface area contributed by atoms with E-state index in [-0.39, 0.29) is 24.9 Å². The van der Waals surface area contributed by atoms with Gasteiger partial charge in [-0.05, 0) is 43.2 Å². The number of carbonyl (C=O) groups excluding carboxylic acids is 1. The van der Waals surface area contributed by atoms with Gasteiger partial charge in [0.2, 0.25) is 5.91 Å². The number of carboxylic acid groups (broad SMARTS) is 1. The van der Waals surface area contributed by atoms with Gasteiger partial charge in [0, 0.05) is 18.5 Å². The Morgan fingerprint density at radius 1 is 1.38 bits per heavy atom. The summed E-state index contributed by atoms with van der Waals surface area (Å²) in [4.78, 5) is 27.8. The first-order valence-electron chi connectivity index (χ1n) is 9.71. The molecule has 4 N–H and O–H groups in total. The fourth-order valence-corrected chi connectivity index (χ4v) is 3.30. The molecule has 0 saturated heterocycles. The Hall–Kier alpha value is -3.00. The predicted molar refractivity (Wildman–Crippen MR) is 108 cm³/mol. The van der Waals surface area contributed by atoms with Gasteiger partial charge < -0.3 is 15.7 Å². The Kier molecular flexibility index (Phi) is 7.13. The largest absolute Gasteiger partial charge is 0.481 e. The van der Waals surface area contributed by atoms with Gasteiger partial charge in [0.25, 0.3) is 0 Å². The number of carbonyl (C=O) groups is 2. The molecular weight excluding hydrogens is 375 g/mol. The minimum atomic E-state index is -1.06. The van der Waals surface area contributed by atoms with Crippen molar-refractivity contribution < 1.29 is 19.1 Å². The number of aliphatic imine (C=N–C) groups is 1. The molecule has 0 radical (unpaired) electrons. The van der Waals surface area contributed by atoms with Crippen molar-refractivity contribution >= 4 is 17.7 Å². The first-order valence-corrected chi connectivity index (χ1v) is 9.71. The van der Waals surface area contributed by atoms with Crippen LogP contribution in [0.3, 0.4) is 0 Å². The first-order chi connectivity index (χ1) is 14.0. The molecule has 2 aliphatic heterocycles. The fraction of sp³-hybridized carbons (Fsp3) is 0.381. The van der Waals surface area contributed by atoms with Crippen molar-refractivity contribution in [2.75, 3.05) is 13.1 Å². The average Bonchev–Trinajstić information content (AvgIpc) is 2.70. The number of nitrogens with one attached hydrogen (secondary N) is 3. The van der Waals surface area contributed by atoms with E-state index < -0.39 is 17.8 Å². The molecule has 0 saturated carbocycles. The molecule has 29 heavy (non-hydrogen) atoms. The van der Waals surface area contributed by atoms with E-state index in [0.29, 0.717) is 18.5 Å². The van der Waals surface area contributed by atoms with Crippen LogP contribution >= 0.6 is 0 Å². The molecule has 0 fully saturated rings. The summed E-state index contributed by atoms with van der Waals surface area (Å²) >= 11 is 0. The second-order valence-electron chi connectivity index (χ2n) is 6.99. The molecule has 2 unspecified atom stereocenters. The molecule has 3 rings (SSSR count). The molecule has 1 aromatic rings. The molecule has 2 heterocycles. The van der Waals surface area contributed by atoms with Crippen molar-refractivity contribution in [2.45, 2.75) is 37.9 Å². The summed E-state index contributed by atoms with van der Waals surface area (Å²) in [5, 5.41) is 18.4. The van der Waals surface area contributed by atoms with Gasteiger partial charge in [-0.1, -0.05) is 24.3 Å². The number of benzene rings is 1. The third-order valence-electron chi connectivity index (χ3n) is 4.71. The number of carboxylic acids is 1. The zero-order valence-electron chi connectivity index (χ0n) is 16.0. The van der Waals surface area contributed by atoms with Crippen LogP contribution in [0.2, 0.25) is 0 Å². The summed E-state index contributed by atoms with van der Waals surface area (Å²) in [6, 6.07) is 4.86. The molecule has 0 aromatic heterocycles. The summed E-state index contributed by atoms with van der Waals surface area (Å²) < 4.78 is 13.4. The van der Waals surface area contributed by atoms with Gasteiger partial charge in [-0.3, -0.25) is 19.9 Å². The molecular formula is C21H25FN4O3. The Bertz CT molecular complexity index is 850. The molecule has 7 nitrogen and oxygen atoms in total. The van der Waals surface area contributed by atoms with E-state index in [9.17, 15) is 14.0 Å². The highest BCUT2D eigenvalue weighted by Crippen LogP contribution is 2.18. The normalized spacial score (nSPS) is 18.7. The van der Waals surface area contributed by atoms with E-state index in [4.69, 9.17) is 5.11 Å². The lowest BCUT2D eigenvalue weighted by Gasteiger charge is -2.25. The van der Waals surface area contributed by atoms with Crippen LogP contribution in [0.5, 0.6) is 0 Å². The fourth-order valence-electron chi connectivity index (χ4n) is 3.30. The summed E-state index contributed by atoms with van der Waals surface area (Å²) in [5.41, 5.74) is 1.54. The van der Waals surface area contributed by atoms with E-state index >= 15 is 0 Å². The second kappa shape index (κ2) is 9.97. The summed E-state index contributed by atoms with van der Waals surface area (Å²) in [6.45, 7) is 1.39. The summed E-state index contributed by atoms with van der Waals surface area (Å²) in [6.07, 6.45) is 7.63. The third kappa shape index (κ3) is 6.25. The van der Waals surface area contributed by atoms with Crippen molar-refractivity contribution in [2.24, 2.45) is 4.99 Å². The Morgan fingerprint density at radius 2 is 2.24 bits per heavy atom. The first kappa shape index (κ1) is 20.7. The molecule has 1 amide bonds. The van der Waals surface area contributed by atoms with Gasteiger partial charge in [-0.15, -0.1) is 0 Å². The molecule has 2 atom stereocenters. The van der Waals surface area contributed by atoms with Gasteiger partial charge in [0.1, 0.15) is 11.7 Å². The SMILES string of the molecule is O=C(O)CC(NC(=O)CCCNC1C=CC2=CCCN=C2N1)c1cccc(F)c1. The van der Waals surface area contributed by atoms with Gasteiger partial charge in [-0.25, -0.2) is 4.39 Å². The quantitative estimate of drug-likeness (QED) is 0.475. The van der Waals surface area contributed by atoms with Gasteiger partial charge in [0.15, 0.2) is 0 Å². The number of rotatable bonds is 9. The second-order valence-corrected chi connectivity index (χ2v) is 6.99. The average molecular weight is 400 g/mol. The summed E-state index contributed by atoms with van der Waals surface area (Å²) in [5.74, 6) is -0.905. The maximum atomic E-state index is 13.4. The van der Waals surface area contributed by atoms with Crippen LogP contribution in [-0.2, 0) is 9.59 Å². The molecule has 2 aliphatic rings. The van der Waals surface area contributed by atoms with Crippen molar-refractivity contribution in [3.63, 3.8) is 0 Å². The summed E-state index contributed by atoms with van der Waals surface area (Å²) in [7, 11) is 0. The maximum absolute atomic E-state index is 13.4. The van der Waals surface area contributed by atoms with Crippen LogP contribution in [-0.4, -0.2) is 42.1 Å². The predicted octanol–water partition coefficient (Wildman–Crippen LogP) is 2.04. The molecule has 0 bridgehead atoms. The van der Waals surface area contributed by atoms with E-state index in [1.165, 1.54) is 18.2 Å². The lowest BCUT2D eigenvalue weighted by atomic mass is 10.0. The van der Waals surface area contributed by atoms with E-state index in [0.717, 1.165) is 24.4 Å². The zero-order chi connectivity index (χ0) is 20.6. The highest BCUT2D eigenvalue weighted by molar-refractivity contribution is 6.02. The van der Waals surface area contributed by atoms with E-state index in [1.54, 1.807) is 6.07 Å². The van der Waals surface area contributed by atoms with Crippen LogP contribution in [0.1, 0.15) is 37.3 Å². The lowest BCUT2D eigenvalue weighted by Crippen LogP contribution is -2.47. The number of amides is 1. The van der Waals surface area contributed by atoms with Gasteiger partial charge >= 0.3 is 5.97 Å². The zero-order valence-corrected chi connectivity index (χ0v) is 16.0. The monoisotopic (exact) mass is 400 g/mol. The maximum Gasteiger partial charge on any atom is 0.305 e.